The van der Waals surface area contributed by atoms with Crippen molar-refractivity contribution < 1.29 is 24.5 Å². The minimum atomic E-state index is -1.16. The molecule has 0 saturated carbocycles. The Labute approximate surface area is 117 Å². The van der Waals surface area contributed by atoms with Gasteiger partial charge in [-0.05, 0) is 43.6 Å². The molecule has 0 aromatic heterocycles. The number of carboxylic acid groups (broad SMARTS) is 1. The van der Waals surface area contributed by atoms with Gasteiger partial charge in [-0.2, -0.15) is 0 Å². The van der Waals surface area contributed by atoms with Gasteiger partial charge in [0.15, 0.2) is 0 Å². The second kappa shape index (κ2) is 7.94. The lowest BCUT2D eigenvalue weighted by Crippen LogP contribution is -2.23. The van der Waals surface area contributed by atoms with E-state index in [2.05, 4.69) is 5.32 Å². The zero-order valence-corrected chi connectivity index (χ0v) is 11.3. The Bertz CT molecular complexity index is 453. The molecule has 1 rings (SSSR count). The predicted octanol–water partition coefficient (Wildman–Crippen LogP) is 0.847. The van der Waals surface area contributed by atoms with Gasteiger partial charge in [-0.25, -0.2) is 4.39 Å². The van der Waals surface area contributed by atoms with Gasteiger partial charge < -0.3 is 20.6 Å². The Balaban J connectivity index is 2.72. The molecule has 4 N–H and O–H groups in total. The van der Waals surface area contributed by atoms with Gasteiger partial charge in [-0.3, -0.25) is 4.79 Å². The van der Waals surface area contributed by atoms with Crippen molar-refractivity contribution in [2.24, 2.45) is 0 Å². The first-order valence-electron chi connectivity index (χ1n) is 6.46. The van der Waals surface area contributed by atoms with E-state index in [1.54, 1.807) is 7.05 Å². The summed E-state index contributed by atoms with van der Waals surface area (Å²) >= 11 is 0. The van der Waals surface area contributed by atoms with Crippen molar-refractivity contribution in [3.8, 4) is 0 Å². The molecular formula is C14H20FNO4. The maximum atomic E-state index is 13.8. The molecule has 0 fully saturated rings. The van der Waals surface area contributed by atoms with E-state index >= 15 is 0 Å². The van der Waals surface area contributed by atoms with Crippen LogP contribution in [-0.4, -0.2) is 41.0 Å². The van der Waals surface area contributed by atoms with Gasteiger partial charge in [-0.1, -0.05) is 12.1 Å². The Hall–Kier alpha value is -1.50. The number of aliphatic hydroxyl groups is 2. The molecule has 0 saturated heterocycles. The van der Waals surface area contributed by atoms with Crippen LogP contribution in [0.3, 0.4) is 0 Å². The van der Waals surface area contributed by atoms with Gasteiger partial charge in [0.1, 0.15) is 11.9 Å². The Kier molecular flexibility index (Phi) is 6.57. The van der Waals surface area contributed by atoms with E-state index in [4.69, 9.17) is 5.11 Å². The van der Waals surface area contributed by atoms with Crippen LogP contribution in [0.25, 0.3) is 0 Å². The molecule has 1 aromatic rings. The van der Waals surface area contributed by atoms with Crippen molar-refractivity contribution >= 4 is 5.97 Å². The maximum Gasteiger partial charge on any atom is 0.303 e. The third-order valence-corrected chi connectivity index (χ3v) is 3.08. The van der Waals surface area contributed by atoms with Crippen molar-refractivity contribution in [3.05, 3.63) is 35.1 Å². The van der Waals surface area contributed by atoms with Gasteiger partial charge in [0.2, 0.25) is 0 Å². The molecule has 1 aromatic carbocycles. The highest BCUT2D eigenvalue weighted by Crippen LogP contribution is 2.22. The van der Waals surface area contributed by atoms with Crippen molar-refractivity contribution in [3.63, 3.8) is 0 Å². The van der Waals surface area contributed by atoms with Gasteiger partial charge in [0.25, 0.3) is 0 Å². The van der Waals surface area contributed by atoms with Crippen LogP contribution in [0.1, 0.15) is 30.1 Å². The van der Waals surface area contributed by atoms with Crippen LogP contribution in [0, 0.1) is 5.82 Å². The number of aliphatic hydroxyl groups excluding tert-OH is 2. The Morgan fingerprint density at radius 1 is 1.40 bits per heavy atom. The van der Waals surface area contributed by atoms with Crippen LogP contribution in [0.4, 0.5) is 4.39 Å². The highest BCUT2D eigenvalue weighted by Gasteiger charge is 2.19. The summed E-state index contributed by atoms with van der Waals surface area (Å²) in [6.07, 6.45) is -1.85. The molecule has 0 spiro atoms. The number of halogens is 1. The second-order valence-electron chi connectivity index (χ2n) is 4.65. The fourth-order valence-corrected chi connectivity index (χ4v) is 1.86. The smallest absolute Gasteiger partial charge is 0.303 e. The number of carboxylic acids is 1. The minimum absolute atomic E-state index is 0.0971. The normalized spacial score (nSPS) is 14.0. The molecular weight excluding hydrogens is 265 g/mol. The van der Waals surface area contributed by atoms with Crippen molar-refractivity contribution in [2.45, 2.75) is 31.5 Å². The number of nitrogens with one attached hydrogen (secondary N) is 1. The summed E-state index contributed by atoms with van der Waals surface area (Å²) < 4.78 is 13.8. The lowest BCUT2D eigenvalue weighted by Gasteiger charge is -2.18. The van der Waals surface area contributed by atoms with E-state index in [1.807, 2.05) is 0 Å². The maximum absolute atomic E-state index is 13.8. The molecule has 6 heteroatoms. The highest BCUT2D eigenvalue weighted by atomic mass is 19.1. The zero-order valence-electron chi connectivity index (χ0n) is 11.3. The summed E-state index contributed by atoms with van der Waals surface area (Å²) in [5, 5.41) is 31.1. The number of hydrogen-bond acceptors (Lipinski definition) is 4. The molecule has 0 aliphatic carbocycles. The SMILES string of the molecule is CNCCC(O)C(O)c1ccc(CCC(=O)O)c(F)c1. The van der Waals surface area contributed by atoms with Crippen LogP contribution >= 0.6 is 0 Å². The van der Waals surface area contributed by atoms with Crippen LogP contribution < -0.4 is 5.32 Å². The van der Waals surface area contributed by atoms with E-state index in [1.165, 1.54) is 12.1 Å². The first-order valence-corrected chi connectivity index (χ1v) is 6.46. The molecule has 0 aliphatic rings. The third-order valence-electron chi connectivity index (χ3n) is 3.08. The van der Waals surface area contributed by atoms with E-state index in [9.17, 15) is 19.4 Å². The molecule has 0 radical (unpaired) electrons. The van der Waals surface area contributed by atoms with Gasteiger partial charge >= 0.3 is 5.97 Å². The largest absolute Gasteiger partial charge is 0.481 e. The molecule has 20 heavy (non-hydrogen) atoms. The van der Waals surface area contributed by atoms with Crippen LogP contribution in [0.2, 0.25) is 0 Å². The monoisotopic (exact) mass is 285 g/mol. The molecule has 0 bridgehead atoms. The number of carbonyl (C=O) groups is 1. The van der Waals surface area contributed by atoms with Crippen LogP contribution in [-0.2, 0) is 11.2 Å². The topological polar surface area (TPSA) is 89.8 Å². The average molecular weight is 285 g/mol. The van der Waals surface area contributed by atoms with Gasteiger partial charge in [-0.15, -0.1) is 0 Å². The highest BCUT2D eigenvalue weighted by molar-refractivity contribution is 5.67. The zero-order chi connectivity index (χ0) is 15.1. The first kappa shape index (κ1) is 16.6. The summed E-state index contributed by atoms with van der Waals surface area (Å²) in [6.45, 7) is 0.539. The molecule has 5 nitrogen and oxygen atoms in total. The summed E-state index contributed by atoms with van der Waals surface area (Å²) in [4.78, 5) is 10.4. The third kappa shape index (κ3) is 4.88. The number of aliphatic carboxylic acids is 1. The number of rotatable bonds is 8. The number of benzene rings is 1. The van der Waals surface area contributed by atoms with E-state index in [0.717, 1.165) is 6.07 Å². The predicted molar refractivity (Wildman–Crippen MR) is 71.9 cm³/mol. The molecule has 0 heterocycles. The number of aryl methyl sites for hydroxylation is 1. The van der Waals surface area contributed by atoms with E-state index in [-0.39, 0.29) is 24.0 Å². The molecule has 2 unspecified atom stereocenters. The standard InChI is InChI=1S/C14H20FNO4/c1-16-7-6-12(17)14(20)10-3-2-9(11(15)8-10)4-5-13(18)19/h2-3,8,12,14,16-17,20H,4-7H2,1H3,(H,18,19). The number of hydrogen-bond donors (Lipinski definition) is 4. The average Bonchev–Trinajstić information content (AvgIpc) is 2.42. The van der Waals surface area contributed by atoms with Crippen LogP contribution in [0.5, 0.6) is 0 Å². The van der Waals surface area contributed by atoms with Crippen molar-refractivity contribution in [2.75, 3.05) is 13.6 Å². The lowest BCUT2D eigenvalue weighted by molar-refractivity contribution is -0.136. The lowest BCUT2D eigenvalue weighted by atomic mass is 9.99. The van der Waals surface area contributed by atoms with Gasteiger partial charge in [0, 0.05) is 6.42 Å². The Morgan fingerprint density at radius 3 is 2.65 bits per heavy atom. The first-order chi connectivity index (χ1) is 9.45. The fourth-order valence-electron chi connectivity index (χ4n) is 1.86. The summed E-state index contributed by atoms with van der Waals surface area (Å²) in [5.41, 5.74) is 0.568. The second-order valence-corrected chi connectivity index (χ2v) is 4.65. The fraction of sp³-hybridized carbons (Fsp3) is 0.500. The van der Waals surface area contributed by atoms with E-state index in [0.29, 0.717) is 13.0 Å². The summed E-state index contributed by atoms with van der Waals surface area (Å²) in [6, 6.07) is 4.10. The Morgan fingerprint density at radius 2 is 2.10 bits per heavy atom. The molecule has 112 valence electrons. The summed E-state index contributed by atoms with van der Waals surface area (Å²) in [7, 11) is 1.73. The summed E-state index contributed by atoms with van der Waals surface area (Å²) in [5.74, 6) is -1.56. The molecule has 2 atom stereocenters. The van der Waals surface area contributed by atoms with E-state index < -0.39 is 24.0 Å². The minimum Gasteiger partial charge on any atom is -0.481 e. The quantitative estimate of drug-likeness (QED) is 0.568. The van der Waals surface area contributed by atoms with Crippen LogP contribution in [0.15, 0.2) is 18.2 Å². The van der Waals surface area contributed by atoms with Crippen molar-refractivity contribution in [1.82, 2.24) is 5.32 Å². The molecule has 0 aliphatic heterocycles. The van der Waals surface area contributed by atoms with Crippen molar-refractivity contribution in [1.29, 1.82) is 0 Å². The molecule has 0 amide bonds. The van der Waals surface area contributed by atoms with Gasteiger partial charge in [0.05, 0.1) is 6.10 Å².